The van der Waals surface area contributed by atoms with Crippen molar-refractivity contribution in [2.45, 2.75) is 19.3 Å². The summed E-state index contributed by atoms with van der Waals surface area (Å²) in [4.78, 5) is 38.1. The number of benzene rings is 1. The van der Waals surface area contributed by atoms with Gasteiger partial charge in [-0.15, -0.1) is 12.8 Å². The number of aromatic nitrogens is 2. The molecule has 0 bridgehead atoms. The van der Waals surface area contributed by atoms with Gasteiger partial charge in [-0.2, -0.15) is 5.10 Å². The summed E-state index contributed by atoms with van der Waals surface area (Å²) in [5.74, 6) is -0.0929. The number of Topliss-reactive ketones (excluding diaryl/α,β-unsaturated/α-hetero) is 1. The number of nitrogens with one attached hydrogen (secondary N) is 1. The van der Waals surface area contributed by atoms with Gasteiger partial charge in [0.25, 0.3) is 0 Å². The molecule has 9 heteroatoms. The third kappa shape index (κ3) is 2.92. The fourth-order valence-corrected chi connectivity index (χ4v) is 4.40. The topological polar surface area (TPSA) is 87.5 Å². The lowest BCUT2D eigenvalue weighted by Crippen LogP contribution is -2.63. The number of hydrogen-bond acceptors (Lipinski definition) is 5. The summed E-state index contributed by atoms with van der Waals surface area (Å²) >= 11 is 0. The molecule has 1 aliphatic carbocycles. The third-order valence-electron chi connectivity index (χ3n) is 5.75. The van der Waals surface area contributed by atoms with Gasteiger partial charge in [0, 0.05) is 56.7 Å². The number of halogens is 1. The molecule has 8 nitrogen and oxygen atoms in total. The molecule has 2 aromatic rings. The SMILES string of the molecule is C#C.Cn1nc(N2CCC(=O)NC2=O)c2cc(F)c(N3CC4(CC(=O)C4)C3)cc21. The number of terminal acetylenes is 1. The van der Waals surface area contributed by atoms with Crippen molar-refractivity contribution in [3.05, 3.63) is 17.9 Å². The maximum atomic E-state index is 14.8. The van der Waals surface area contributed by atoms with E-state index >= 15 is 0 Å². The molecule has 0 radical (unpaired) electrons. The maximum absolute atomic E-state index is 14.8. The quantitative estimate of drug-likeness (QED) is 0.778. The molecular formula is C20H20FN5O3. The van der Waals surface area contributed by atoms with E-state index in [2.05, 4.69) is 23.3 Å². The van der Waals surface area contributed by atoms with Gasteiger partial charge < -0.3 is 4.90 Å². The summed E-state index contributed by atoms with van der Waals surface area (Å²) in [6, 6.07) is 2.59. The highest BCUT2D eigenvalue weighted by Gasteiger charge is 2.52. The van der Waals surface area contributed by atoms with Gasteiger partial charge >= 0.3 is 6.03 Å². The van der Waals surface area contributed by atoms with Crippen LogP contribution in [0.5, 0.6) is 0 Å². The van der Waals surface area contributed by atoms with Crippen LogP contribution >= 0.6 is 0 Å². The Labute approximate surface area is 166 Å². The zero-order valence-corrected chi connectivity index (χ0v) is 15.9. The Kier molecular flexibility index (Phi) is 4.30. The van der Waals surface area contributed by atoms with E-state index in [1.807, 2.05) is 4.90 Å². The molecule has 0 unspecified atom stereocenters. The standard InChI is InChI=1S/C18H18FN5O3.C2H2/c1-22-13-5-14(23-8-18(9-23)6-10(25)7-18)12(19)4-11(13)16(21-22)24-3-2-15(26)20-17(24)27;1-2/h4-5H,2-3,6-9H2,1H3,(H,20,26,27);1-2H. The van der Waals surface area contributed by atoms with E-state index < -0.39 is 6.03 Å². The molecule has 1 spiro atoms. The first-order chi connectivity index (χ1) is 13.8. The first-order valence-electron chi connectivity index (χ1n) is 9.23. The van der Waals surface area contributed by atoms with Crippen molar-refractivity contribution < 1.29 is 18.8 Å². The van der Waals surface area contributed by atoms with E-state index in [0.717, 1.165) is 0 Å². The summed E-state index contributed by atoms with van der Waals surface area (Å²) in [7, 11) is 1.74. The van der Waals surface area contributed by atoms with Crippen molar-refractivity contribution >= 4 is 40.1 Å². The van der Waals surface area contributed by atoms with Gasteiger partial charge in [0.2, 0.25) is 5.91 Å². The lowest BCUT2D eigenvalue weighted by molar-refractivity contribution is -0.134. The molecule has 3 heterocycles. The molecule has 3 fully saturated rings. The minimum atomic E-state index is -0.546. The largest absolute Gasteiger partial charge is 0.368 e. The highest BCUT2D eigenvalue weighted by atomic mass is 19.1. The third-order valence-corrected chi connectivity index (χ3v) is 5.75. The molecule has 2 aliphatic heterocycles. The average molecular weight is 397 g/mol. The van der Waals surface area contributed by atoms with Gasteiger partial charge in [-0.1, -0.05) is 0 Å². The molecule has 0 atom stereocenters. The molecule has 5 rings (SSSR count). The molecule has 150 valence electrons. The second-order valence-corrected chi connectivity index (χ2v) is 7.77. The smallest absolute Gasteiger partial charge is 0.329 e. The van der Waals surface area contributed by atoms with E-state index in [9.17, 15) is 18.8 Å². The average Bonchev–Trinajstić information content (AvgIpc) is 2.94. The Hall–Kier alpha value is -3.41. The van der Waals surface area contributed by atoms with E-state index in [4.69, 9.17) is 0 Å². The number of imide groups is 1. The first kappa shape index (κ1) is 18.9. The van der Waals surface area contributed by atoms with Crippen molar-refractivity contribution in [3.8, 4) is 12.8 Å². The number of amides is 3. The zero-order chi connectivity index (χ0) is 20.9. The minimum absolute atomic E-state index is 0.0362. The molecule has 1 aromatic heterocycles. The van der Waals surface area contributed by atoms with Crippen molar-refractivity contribution in [1.29, 1.82) is 0 Å². The van der Waals surface area contributed by atoms with Crippen molar-refractivity contribution in [1.82, 2.24) is 15.1 Å². The molecule has 1 saturated carbocycles. The predicted molar refractivity (Wildman–Crippen MR) is 105 cm³/mol. The van der Waals surface area contributed by atoms with Crippen molar-refractivity contribution in [2.24, 2.45) is 12.5 Å². The van der Waals surface area contributed by atoms with Gasteiger partial charge in [0.1, 0.15) is 11.6 Å². The highest BCUT2D eigenvalue weighted by molar-refractivity contribution is 6.09. The number of carbonyl (C=O) groups excluding carboxylic acids is 3. The van der Waals surface area contributed by atoms with Crippen LogP contribution in [0, 0.1) is 24.1 Å². The molecule has 1 aromatic carbocycles. The fourth-order valence-electron chi connectivity index (χ4n) is 4.40. The van der Waals surface area contributed by atoms with Crippen LogP contribution in [0.2, 0.25) is 0 Å². The second kappa shape index (κ2) is 6.58. The van der Waals surface area contributed by atoms with Crippen LogP contribution < -0.4 is 15.1 Å². The lowest BCUT2D eigenvalue weighted by atomic mass is 9.62. The maximum Gasteiger partial charge on any atom is 0.329 e. The number of urea groups is 1. The van der Waals surface area contributed by atoms with Crippen LogP contribution in [0.25, 0.3) is 10.9 Å². The number of fused-ring (bicyclic) bond motifs is 1. The minimum Gasteiger partial charge on any atom is -0.368 e. The Bertz CT molecular complexity index is 1060. The molecule has 2 saturated heterocycles. The Morgan fingerprint density at radius 3 is 2.48 bits per heavy atom. The van der Waals surface area contributed by atoms with Crippen LogP contribution in [0.4, 0.5) is 20.7 Å². The monoisotopic (exact) mass is 397 g/mol. The molecule has 3 aliphatic rings. The summed E-state index contributed by atoms with van der Waals surface area (Å²) in [6.45, 7) is 1.58. The van der Waals surface area contributed by atoms with Crippen LogP contribution in [0.1, 0.15) is 19.3 Å². The molecular weight excluding hydrogens is 377 g/mol. The normalized spacial score (nSPS) is 20.1. The van der Waals surface area contributed by atoms with Crippen LogP contribution in [0.3, 0.4) is 0 Å². The Morgan fingerprint density at radius 1 is 1.17 bits per heavy atom. The molecule has 1 N–H and O–H groups in total. The Balaban J connectivity index is 0.000000994. The van der Waals surface area contributed by atoms with Crippen LogP contribution in [-0.2, 0) is 16.6 Å². The van der Waals surface area contributed by atoms with Gasteiger partial charge in [0.15, 0.2) is 5.82 Å². The Morgan fingerprint density at radius 2 is 1.86 bits per heavy atom. The predicted octanol–water partition coefficient (Wildman–Crippen LogP) is 1.58. The van der Waals surface area contributed by atoms with Crippen molar-refractivity contribution in [2.75, 3.05) is 29.4 Å². The van der Waals surface area contributed by atoms with Gasteiger partial charge in [0.05, 0.1) is 11.2 Å². The first-order valence-corrected chi connectivity index (χ1v) is 9.23. The molecule has 3 amide bonds. The zero-order valence-electron chi connectivity index (χ0n) is 15.9. The summed E-state index contributed by atoms with van der Waals surface area (Å²) < 4.78 is 16.4. The van der Waals surface area contributed by atoms with Crippen LogP contribution in [0.15, 0.2) is 12.1 Å². The van der Waals surface area contributed by atoms with Crippen LogP contribution in [-0.4, -0.2) is 47.1 Å². The summed E-state index contributed by atoms with van der Waals surface area (Å²) in [6.07, 6.45) is 9.36. The van der Waals surface area contributed by atoms with Gasteiger partial charge in [-0.25, -0.2) is 9.18 Å². The number of nitrogens with zero attached hydrogens (tertiary/aromatic N) is 4. The fraction of sp³-hybridized carbons (Fsp3) is 0.400. The summed E-state index contributed by atoms with van der Waals surface area (Å²) in [5.41, 5.74) is 1.23. The van der Waals surface area contributed by atoms with E-state index in [1.165, 1.54) is 11.0 Å². The highest BCUT2D eigenvalue weighted by Crippen LogP contribution is 2.48. The number of aryl methyl sites for hydroxylation is 1. The van der Waals surface area contributed by atoms with E-state index in [0.29, 0.717) is 48.3 Å². The van der Waals surface area contributed by atoms with Gasteiger partial charge in [-0.3, -0.25) is 24.5 Å². The number of carbonyl (C=O) groups is 3. The van der Waals surface area contributed by atoms with E-state index in [1.54, 1.807) is 17.8 Å². The number of hydrogen-bond donors (Lipinski definition) is 1. The number of rotatable bonds is 2. The second-order valence-electron chi connectivity index (χ2n) is 7.77. The number of anilines is 2. The van der Waals surface area contributed by atoms with E-state index in [-0.39, 0.29) is 35.9 Å². The summed E-state index contributed by atoms with van der Waals surface area (Å²) in [5, 5.41) is 7.17. The van der Waals surface area contributed by atoms with Gasteiger partial charge in [-0.05, 0) is 12.1 Å². The van der Waals surface area contributed by atoms with Crippen molar-refractivity contribution in [3.63, 3.8) is 0 Å². The molecule has 29 heavy (non-hydrogen) atoms. The number of ketones is 1. The lowest BCUT2D eigenvalue weighted by Gasteiger charge is -2.55.